The number of nitrogens with one attached hydrogen (secondary N) is 2. The number of carbonyl (C=O) groups is 2. The third-order valence-corrected chi connectivity index (χ3v) is 2.40. The summed E-state index contributed by atoms with van der Waals surface area (Å²) >= 11 is 0. The molecule has 1 atom stereocenters. The van der Waals surface area contributed by atoms with E-state index in [9.17, 15) is 9.59 Å². The van der Waals surface area contributed by atoms with Crippen LogP contribution in [0.25, 0.3) is 0 Å². The second-order valence-corrected chi connectivity index (χ2v) is 3.45. The normalized spacial score (nSPS) is 21.3. The highest BCUT2D eigenvalue weighted by molar-refractivity contribution is 5.87. The van der Waals surface area contributed by atoms with Gasteiger partial charge in [-0.15, -0.1) is 0 Å². The van der Waals surface area contributed by atoms with Crippen molar-refractivity contribution in [3.05, 3.63) is 0 Å². The van der Waals surface area contributed by atoms with Gasteiger partial charge in [0.1, 0.15) is 6.04 Å². The van der Waals surface area contributed by atoms with Crippen LogP contribution in [0.2, 0.25) is 0 Å². The summed E-state index contributed by atoms with van der Waals surface area (Å²) in [6, 6.07) is -0.542. The Hall–Kier alpha value is -1.26. The van der Waals surface area contributed by atoms with Gasteiger partial charge in [-0.3, -0.25) is 4.79 Å². The lowest BCUT2D eigenvalue weighted by Gasteiger charge is -2.25. The van der Waals surface area contributed by atoms with Gasteiger partial charge in [0.05, 0.1) is 0 Å². The monoisotopic (exact) mass is 199 g/mol. The smallest absolute Gasteiger partial charge is 0.317 e. The van der Waals surface area contributed by atoms with Crippen LogP contribution in [0.4, 0.5) is 4.79 Å². The van der Waals surface area contributed by atoms with Gasteiger partial charge in [0.2, 0.25) is 5.91 Å². The third-order valence-electron chi connectivity index (χ3n) is 2.40. The maximum atomic E-state index is 11.4. The van der Waals surface area contributed by atoms with E-state index in [0.29, 0.717) is 6.54 Å². The molecule has 5 nitrogen and oxygen atoms in total. The average molecular weight is 199 g/mol. The van der Waals surface area contributed by atoms with Crippen molar-refractivity contribution in [2.75, 3.05) is 20.1 Å². The molecule has 14 heavy (non-hydrogen) atoms. The Morgan fingerprint density at radius 2 is 2.43 bits per heavy atom. The predicted molar refractivity (Wildman–Crippen MR) is 52.9 cm³/mol. The Morgan fingerprint density at radius 3 is 3.00 bits per heavy atom. The highest BCUT2D eigenvalue weighted by Gasteiger charge is 2.24. The first kappa shape index (κ1) is 10.8. The van der Waals surface area contributed by atoms with Gasteiger partial charge in [0.15, 0.2) is 0 Å². The SMILES string of the molecule is CCN(C)C(=O)NC1CCCNC1=O. The van der Waals surface area contributed by atoms with E-state index >= 15 is 0 Å². The number of amides is 3. The van der Waals surface area contributed by atoms with Crippen molar-refractivity contribution in [3.8, 4) is 0 Å². The van der Waals surface area contributed by atoms with Gasteiger partial charge >= 0.3 is 6.03 Å². The zero-order valence-electron chi connectivity index (χ0n) is 8.67. The molecule has 1 saturated heterocycles. The lowest BCUT2D eigenvalue weighted by atomic mass is 10.1. The highest BCUT2D eigenvalue weighted by atomic mass is 16.2. The summed E-state index contributed by atoms with van der Waals surface area (Å²) in [5, 5.41) is 5.42. The summed E-state index contributed by atoms with van der Waals surface area (Å²) in [5.74, 6) is -0.0749. The van der Waals surface area contributed by atoms with Crippen molar-refractivity contribution in [2.24, 2.45) is 0 Å². The fourth-order valence-electron chi connectivity index (χ4n) is 1.31. The Bertz CT molecular complexity index is 230. The summed E-state index contributed by atoms with van der Waals surface area (Å²) in [4.78, 5) is 24.3. The Balaban J connectivity index is 2.42. The zero-order valence-corrected chi connectivity index (χ0v) is 8.67. The summed E-state index contributed by atoms with van der Waals surface area (Å²) in [6.45, 7) is 3.25. The minimum atomic E-state index is -0.356. The van der Waals surface area contributed by atoms with E-state index in [0.717, 1.165) is 19.4 Å². The Kier molecular flexibility index (Phi) is 3.73. The quantitative estimate of drug-likeness (QED) is 0.653. The minimum absolute atomic E-state index is 0.0749. The van der Waals surface area contributed by atoms with Crippen molar-refractivity contribution in [1.82, 2.24) is 15.5 Å². The molecular formula is C9H17N3O2. The molecule has 0 aromatic heterocycles. The van der Waals surface area contributed by atoms with E-state index in [1.165, 1.54) is 0 Å². The number of nitrogens with zero attached hydrogens (tertiary/aromatic N) is 1. The topological polar surface area (TPSA) is 61.4 Å². The number of urea groups is 1. The second kappa shape index (κ2) is 4.83. The Morgan fingerprint density at radius 1 is 1.71 bits per heavy atom. The molecule has 80 valence electrons. The molecule has 1 fully saturated rings. The zero-order chi connectivity index (χ0) is 10.6. The molecule has 1 heterocycles. The number of rotatable bonds is 2. The van der Waals surface area contributed by atoms with Crippen molar-refractivity contribution in [3.63, 3.8) is 0 Å². The maximum Gasteiger partial charge on any atom is 0.317 e. The van der Waals surface area contributed by atoms with E-state index in [1.807, 2.05) is 6.92 Å². The van der Waals surface area contributed by atoms with Gasteiger partial charge < -0.3 is 15.5 Å². The number of hydrogen-bond donors (Lipinski definition) is 2. The molecule has 1 aliphatic heterocycles. The lowest BCUT2D eigenvalue weighted by Crippen LogP contribution is -2.52. The van der Waals surface area contributed by atoms with E-state index < -0.39 is 0 Å². The number of piperidine rings is 1. The van der Waals surface area contributed by atoms with Crippen LogP contribution in [0, 0.1) is 0 Å². The van der Waals surface area contributed by atoms with Crippen LogP contribution in [0.15, 0.2) is 0 Å². The first-order chi connectivity index (χ1) is 6.65. The molecule has 0 aromatic rings. The molecular weight excluding hydrogens is 182 g/mol. The van der Waals surface area contributed by atoms with Crippen LogP contribution in [-0.4, -0.2) is 43.0 Å². The van der Waals surface area contributed by atoms with Gasteiger partial charge in [-0.25, -0.2) is 4.79 Å². The average Bonchev–Trinajstić information content (AvgIpc) is 2.20. The predicted octanol–water partition coefficient (Wildman–Crippen LogP) is -0.0737. The molecule has 3 amide bonds. The van der Waals surface area contributed by atoms with Crippen LogP contribution in [0.3, 0.4) is 0 Å². The molecule has 1 aliphatic rings. The molecule has 5 heteroatoms. The molecule has 0 saturated carbocycles. The Labute approximate surface area is 83.8 Å². The first-order valence-electron chi connectivity index (χ1n) is 4.94. The fourth-order valence-corrected chi connectivity index (χ4v) is 1.31. The van der Waals surface area contributed by atoms with E-state index in [-0.39, 0.29) is 18.0 Å². The minimum Gasteiger partial charge on any atom is -0.354 e. The highest BCUT2D eigenvalue weighted by Crippen LogP contribution is 2.03. The van der Waals surface area contributed by atoms with Crippen LogP contribution >= 0.6 is 0 Å². The fraction of sp³-hybridized carbons (Fsp3) is 0.778. The second-order valence-electron chi connectivity index (χ2n) is 3.45. The van der Waals surface area contributed by atoms with E-state index in [4.69, 9.17) is 0 Å². The largest absolute Gasteiger partial charge is 0.354 e. The van der Waals surface area contributed by atoms with Gasteiger partial charge in [-0.05, 0) is 19.8 Å². The third kappa shape index (κ3) is 2.61. The van der Waals surface area contributed by atoms with Crippen LogP contribution in [0.5, 0.6) is 0 Å². The molecule has 2 N–H and O–H groups in total. The first-order valence-corrected chi connectivity index (χ1v) is 4.94. The van der Waals surface area contributed by atoms with Crippen molar-refractivity contribution < 1.29 is 9.59 Å². The van der Waals surface area contributed by atoms with Crippen LogP contribution in [0.1, 0.15) is 19.8 Å². The van der Waals surface area contributed by atoms with Gasteiger partial charge in [0, 0.05) is 20.1 Å². The number of hydrogen-bond acceptors (Lipinski definition) is 2. The molecule has 1 rings (SSSR count). The lowest BCUT2D eigenvalue weighted by molar-refractivity contribution is -0.124. The molecule has 0 aliphatic carbocycles. The molecule has 0 spiro atoms. The number of carbonyl (C=O) groups excluding carboxylic acids is 2. The van der Waals surface area contributed by atoms with Gasteiger partial charge in [-0.1, -0.05) is 0 Å². The summed E-state index contributed by atoms with van der Waals surface area (Å²) in [5.41, 5.74) is 0. The van der Waals surface area contributed by atoms with Crippen LogP contribution in [-0.2, 0) is 4.79 Å². The summed E-state index contributed by atoms with van der Waals surface area (Å²) < 4.78 is 0. The summed E-state index contributed by atoms with van der Waals surface area (Å²) in [6.07, 6.45) is 1.65. The van der Waals surface area contributed by atoms with Crippen LogP contribution < -0.4 is 10.6 Å². The van der Waals surface area contributed by atoms with Crippen molar-refractivity contribution >= 4 is 11.9 Å². The van der Waals surface area contributed by atoms with Crippen molar-refractivity contribution in [1.29, 1.82) is 0 Å². The molecule has 0 bridgehead atoms. The van der Waals surface area contributed by atoms with Gasteiger partial charge in [-0.2, -0.15) is 0 Å². The molecule has 0 aromatic carbocycles. The molecule has 0 radical (unpaired) electrons. The summed E-state index contributed by atoms with van der Waals surface area (Å²) in [7, 11) is 1.70. The molecule has 1 unspecified atom stereocenters. The maximum absolute atomic E-state index is 11.4. The van der Waals surface area contributed by atoms with Gasteiger partial charge in [0.25, 0.3) is 0 Å². The van der Waals surface area contributed by atoms with Crippen molar-refractivity contribution in [2.45, 2.75) is 25.8 Å². The standard InChI is InChI=1S/C9H17N3O2/c1-3-12(2)9(14)11-7-5-4-6-10-8(7)13/h7H,3-6H2,1-2H3,(H,10,13)(H,11,14). The van der Waals surface area contributed by atoms with E-state index in [1.54, 1.807) is 11.9 Å². The van der Waals surface area contributed by atoms with E-state index in [2.05, 4.69) is 10.6 Å².